The van der Waals surface area contributed by atoms with E-state index in [4.69, 9.17) is 5.11 Å². The van der Waals surface area contributed by atoms with Crippen LogP contribution in [0.3, 0.4) is 0 Å². The highest BCUT2D eigenvalue weighted by Gasteiger charge is 2.39. The molecule has 0 aromatic carbocycles. The molecular weight excluding hydrogens is 240 g/mol. The van der Waals surface area contributed by atoms with E-state index in [0.29, 0.717) is 0 Å². The van der Waals surface area contributed by atoms with Crippen molar-refractivity contribution in [3.8, 4) is 0 Å². The Hall–Kier alpha value is -1.59. The number of aliphatic carboxylic acids is 1. The molecule has 0 fully saturated rings. The standard InChI is InChI=1S/C12H20O6/c1-7(9(13)14)8(10(15)17-4)6-12(2,3)11(16)18-5/h7-8H,6H2,1-5H3,(H,13,14). The summed E-state index contributed by atoms with van der Waals surface area (Å²) in [7, 11) is 2.44. The molecule has 2 unspecified atom stereocenters. The van der Waals surface area contributed by atoms with Gasteiger partial charge in [-0.05, 0) is 20.3 Å². The Kier molecular flexibility index (Phi) is 5.81. The van der Waals surface area contributed by atoms with Gasteiger partial charge in [0.2, 0.25) is 0 Å². The molecule has 0 radical (unpaired) electrons. The van der Waals surface area contributed by atoms with Gasteiger partial charge in [0.05, 0.1) is 31.5 Å². The largest absolute Gasteiger partial charge is 0.481 e. The van der Waals surface area contributed by atoms with Gasteiger partial charge >= 0.3 is 17.9 Å². The lowest BCUT2D eigenvalue weighted by molar-refractivity contribution is -0.160. The van der Waals surface area contributed by atoms with E-state index >= 15 is 0 Å². The summed E-state index contributed by atoms with van der Waals surface area (Å²) in [5.41, 5.74) is -0.947. The summed E-state index contributed by atoms with van der Waals surface area (Å²) in [5, 5.41) is 8.97. The summed E-state index contributed by atoms with van der Waals surface area (Å²) in [6.07, 6.45) is 0.0554. The molecule has 0 saturated carbocycles. The zero-order valence-corrected chi connectivity index (χ0v) is 11.4. The highest BCUT2D eigenvalue weighted by atomic mass is 16.5. The van der Waals surface area contributed by atoms with Gasteiger partial charge in [0.1, 0.15) is 0 Å². The molecule has 0 rings (SSSR count). The number of rotatable bonds is 6. The summed E-state index contributed by atoms with van der Waals surface area (Å²) < 4.78 is 9.22. The lowest BCUT2D eigenvalue weighted by Gasteiger charge is -2.27. The third kappa shape index (κ3) is 4.01. The van der Waals surface area contributed by atoms with Gasteiger partial charge in [0, 0.05) is 0 Å². The molecule has 0 aliphatic rings. The fourth-order valence-corrected chi connectivity index (χ4v) is 1.70. The normalized spacial score (nSPS) is 14.5. The van der Waals surface area contributed by atoms with Crippen LogP contribution in [0.1, 0.15) is 27.2 Å². The van der Waals surface area contributed by atoms with Crippen molar-refractivity contribution in [2.75, 3.05) is 14.2 Å². The van der Waals surface area contributed by atoms with Crippen LogP contribution < -0.4 is 0 Å². The number of esters is 2. The van der Waals surface area contributed by atoms with Crippen molar-refractivity contribution >= 4 is 17.9 Å². The molecule has 0 saturated heterocycles. The number of hydrogen-bond acceptors (Lipinski definition) is 5. The smallest absolute Gasteiger partial charge is 0.311 e. The summed E-state index contributed by atoms with van der Waals surface area (Å²) in [6, 6.07) is 0. The Balaban J connectivity index is 5.07. The molecule has 0 aliphatic carbocycles. The van der Waals surface area contributed by atoms with Crippen molar-refractivity contribution in [1.82, 2.24) is 0 Å². The molecular formula is C12H20O6. The second-order valence-electron chi connectivity index (χ2n) is 4.84. The summed E-state index contributed by atoms with van der Waals surface area (Å²) in [6.45, 7) is 4.62. The molecule has 104 valence electrons. The lowest BCUT2D eigenvalue weighted by Crippen LogP contribution is -2.36. The van der Waals surface area contributed by atoms with E-state index in [0.717, 1.165) is 0 Å². The minimum absolute atomic E-state index is 0.0554. The molecule has 0 aliphatic heterocycles. The topological polar surface area (TPSA) is 89.9 Å². The predicted molar refractivity (Wildman–Crippen MR) is 62.7 cm³/mol. The molecule has 0 spiro atoms. The van der Waals surface area contributed by atoms with Crippen molar-refractivity contribution in [3.63, 3.8) is 0 Å². The molecule has 2 atom stereocenters. The first-order valence-corrected chi connectivity index (χ1v) is 5.56. The Morgan fingerprint density at radius 2 is 1.67 bits per heavy atom. The van der Waals surface area contributed by atoms with E-state index < -0.39 is 35.2 Å². The number of methoxy groups -OCH3 is 2. The van der Waals surface area contributed by atoms with Gasteiger partial charge in [-0.3, -0.25) is 14.4 Å². The van der Waals surface area contributed by atoms with Crippen molar-refractivity contribution in [2.24, 2.45) is 17.3 Å². The zero-order chi connectivity index (χ0) is 14.5. The Morgan fingerprint density at radius 3 is 2.00 bits per heavy atom. The third-order valence-corrected chi connectivity index (χ3v) is 2.97. The fourth-order valence-electron chi connectivity index (χ4n) is 1.70. The van der Waals surface area contributed by atoms with Gasteiger partial charge in [-0.2, -0.15) is 0 Å². The van der Waals surface area contributed by atoms with E-state index in [1.54, 1.807) is 13.8 Å². The highest BCUT2D eigenvalue weighted by molar-refractivity contribution is 5.82. The number of hydrogen-bond donors (Lipinski definition) is 1. The van der Waals surface area contributed by atoms with Gasteiger partial charge in [0.25, 0.3) is 0 Å². The summed E-state index contributed by atoms with van der Waals surface area (Å²) in [4.78, 5) is 34.1. The van der Waals surface area contributed by atoms with E-state index in [-0.39, 0.29) is 6.42 Å². The van der Waals surface area contributed by atoms with Crippen LogP contribution in [0.2, 0.25) is 0 Å². The number of carbonyl (C=O) groups is 3. The maximum absolute atomic E-state index is 11.6. The molecule has 1 N–H and O–H groups in total. The van der Waals surface area contributed by atoms with Gasteiger partial charge in [-0.15, -0.1) is 0 Å². The summed E-state index contributed by atoms with van der Waals surface area (Å²) in [5.74, 6) is -4.05. The van der Waals surface area contributed by atoms with Gasteiger partial charge in [-0.1, -0.05) is 6.92 Å². The monoisotopic (exact) mass is 260 g/mol. The first kappa shape index (κ1) is 16.4. The molecule has 0 aromatic heterocycles. The van der Waals surface area contributed by atoms with Crippen LogP contribution in [0.15, 0.2) is 0 Å². The van der Waals surface area contributed by atoms with Crippen LogP contribution in [-0.4, -0.2) is 37.2 Å². The highest BCUT2D eigenvalue weighted by Crippen LogP contribution is 2.31. The minimum Gasteiger partial charge on any atom is -0.481 e. The number of carboxylic acids is 1. The SMILES string of the molecule is COC(=O)C(CC(C)(C)C(=O)OC)C(C)C(=O)O. The number of ether oxygens (including phenoxy) is 2. The molecule has 6 nitrogen and oxygen atoms in total. The lowest BCUT2D eigenvalue weighted by atomic mass is 9.78. The van der Waals surface area contributed by atoms with E-state index in [1.165, 1.54) is 21.1 Å². The van der Waals surface area contributed by atoms with Gasteiger partial charge in [-0.25, -0.2) is 0 Å². The number of carboxylic acid groups (broad SMARTS) is 1. The molecule has 0 heterocycles. The average Bonchev–Trinajstić information content (AvgIpc) is 2.32. The van der Waals surface area contributed by atoms with E-state index in [9.17, 15) is 14.4 Å². The van der Waals surface area contributed by atoms with Gasteiger partial charge in [0.15, 0.2) is 0 Å². The Labute approximate surface area is 106 Å². The van der Waals surface area contributed by atoms with Crippen LogP contribution in [-0.2, 0) is 23.9 Å². The fraction of sp³-hybridized carbons (Fsp3) is 0.750. The molecule has 18 heavy (non-hydrogen) atoms. The quantitative estimate of drug-likeness (QED) is 0.719. The van der Waals surface area contributed by atoms with Crippen molar-refractivity contribution in [2.45, 2.75) is 27.2 Å². The molecule has 0 aromatic rings. The Morgan fingerprint density at radius 1 is 1.17 bits per heavy atom. The van der Waals surface area contributed by atoms with Crippen LogP contribution >= 0.6 is 0 Å². The predicted octanol–water partition coefficient (Wildman–Crippen LogP) is 1.09. The zero-order valence-electron chi connectivity index (χ0n) is 11.4. The molecule has 0 bridgehead atoms. The van der Waals surface area contributed by atoms with Crippen LogP contribution in [0, 0.1) is 17.3 Å². The van der Waals surface area contributed by atoms with E-state index in [2.05, 4.69) is 9.47 Å². The van der Waals surface area contributed by atoms with Crippen molar-refractivity contribution in [1.29, 1.82) is 0 Å². The second kappa shape index (κ2) is 6.37. The molecule has 6 heteroatoms. The third-order valence-electron chi connectivity index (χ3n) is 2.97. The first-order chi connectivity index (χ1) is 8.17. The summed E-state index contributed by atoms with van der Waals surface area (Å²) >= 11 is 0. The first-order valence-electron chi connectivity index (χ1n) is 5.56. The van der Waals surface area contributed by atoms with Crippen molar-refractivity contribution < 1.29 is 29.0 Å². The number of carbonyl (C=O) groups excluding carboxylic acids is 2. The molecule has 0 amide bonds. The maximum Gasteiger partial charge on any atom is 0.311 e. The average molecular weight is 260 g/mol. The second-order valence-corrected chi connectivity index (χ2v) is 4.84. The van der Waals surface area contributed by atoms with Crippen molar-refractivity contribution in [3.05, 3.63) is 0 Å². The van der Waals surface area contributed by atoms with Crippen LogP contribution in [0.25, 0.3) is 0 Å². The van der Waals surface area contributed by atoms with Gasteiger partial charge < -0.3 is 14.6 Å². The minimum atomic E-state index is -1.11. The van der Waals surface area contributed by atoms with Crippen LogP contribution in [0.4, 0.5) is 0 Å². The maximum atomic E-state index is 11.6. The Bertz CT molecular complexity index is 333. The van der Waals surface area contributed by atoms with E-state index in [1.807, 2.05) is 0 Å². The van der Waals surface area contributed by atoms with Crippen LogP contribution in [0.5, 0.6) is 0 Å².